The number of nitrogens with zero attached hydrogens (tertiary/aromatic N) is 1. The number of amides is 1. The molecular formula is C28H25N3O4. The van der Waals surface area contributed by atoms with Gasteiger partial charge in [0.25, 0.3) is 5.91 Å². The van der Waals surface area contributed by atoms with Crippen molar-refractivity contribution in [3.05, 3.63) is 83.6 Å². The zero-order chi connectivity index (χ0) is 24.2. The molecule has 7 heteroatoms. The molecule has 2 heterocycles. The predicted molar refractivity (Wildman–Crippen MR) is 133 cm³/mol. The molecule has 5 rings (SSSR count). The van der Waals surface area contributed by atoms with Gasteiger partial charge in [0.05, 0.1) is 30.7 Å². The summed E-state index contributed by atoms with van der Waals surface area (Å²) in [6.07, 6.45) is 2.73. The highest BCUT2D eigenvalue weighted by Crippen LogP contribution is 2.38. The minimum Gasteiger partial charge on any atom is -0.486 e. The van der Waals surface area contributed by atoms with Crippen LogP contribution < -0.4 is 14.8 Å². The minimum absolute atomic E-state index is 0.204. The first kappa shape index (κ1) is 22.5. The van der Waals surface area contributed by atoms with E-state index in [1.165, 1.54) is 0 Å². The molecule has 1 amide bonds. The number of hydrogen-bond donors (Lipinski definition) is 3. The number of carbonyl (C=O) groups is 1. The summed E-state index contributed by atoms with van der Waals surface area (Å²) >= 11 is 0. The van der Waals surface area contributed by atoms with Crippen LogP contribution in [0.2, 0.25) is 0 Å². The van der Waals surface area contributed by atoms with E-state index in [1.807, 2.05) is 60.8 Å². The number of aliphatic hydroxyl groups is 1. The largest absolute Gasteiger partial charge is 0.486 e. The first-order chi connectivity index (χ1) is 17.2. The van der Waals surface area contributed by atoms with Gasteiger partial charge in [-0.3, -0.25) is 4.79 Å². The summed E-state index contributed by atoms with van der Waals surface area (Å²) in [4.78, 5) is 16.6. The number of benzene rings is 3. The zero-order valence-electron chi connectivity index (χ0n) is 19.1. The third kappa shape index (κ3) is 4.70. The minimum atomic E-state index is -0.476. The molecule has 0 radical (unpaired) electrons. The Bertz CT molecular complexity index is 1400. The molecule has 35 heavy (non-hydrogen) atoms. The number of para-hydroxylation sites is 1. The molecule has 4 aromatic rings. The molecule has 0 fully saturated rings. The van der Waals surface area contributed by atoms with Crippen LogP contribution in [0.15, 0.2) is 66.9 Å². The maximum Gasteiger partial charge on any atom is 0.255 e. The van der Waals surface area contributed by atoms with Crippen molar-refractivity contribution < 1.29 is 19.4 Å². The fourth-order valence-corrected chi connectivity index (χ4v) is 4.39. The third-order valence-electron chi connectivity index (χ3n) is 6.15. The van der Waals surface area contributed by atoms with Gasteiger partial charge in [0.2, 0.25) is 0 Å². The van der Waals surface area contributed by atoms with E-state index in [0.29, 0.717) is 43.1 Å². The number of aliphatic hydroxyl groups excluding tert-OH is 1. The van der Waals surface area contributed by atoms with Gasteiger partial charge in [0.15, 0.2) is 11.5 Å². The lowest BCUT2D eigenvalue weighted by molar-refractivity contribution is 0.0906. The molecule has 1 aliphatic heterocycles. The Morgan fingerprint density at radius 2 is 1.89 bits per heavy atom. The summed E-state index contributed by atoms with van der Waals surface area (Å²) < 4.78 is 11.6. The highest BCUT2D eigenvalue weighted by Gasteiger charge is 2.25. The van der Waals surface area contributed by atoms with Gasteiger partial charge in [-0.1, -0.05) is 42.5 Å². The highest BCUT2D eigenvalue weighted by atomic mass is 16.6. The van der Waals surface area contributed by atoms with Gasteiger partial charge in [-0.05, 0) is 46.9 Å². The second kappa shape index (κ2) is 9.92. The van der Waals surface area contributed by atoms with Crippen molar-refractivity contribution in [2.45, 2.75) is 18.9 Å². The molecule has 0 unspecified atom stereocenters. The average Bonchev–Trinajstić information content (AvgIpc) is 3.31. The fraction of sp³-hybridized carbons (Fsp3) is 0.214. The van der Waals surface area contributed by atoms with Gasteiger partial charge in [0.1, 0.15) is 13.2 Å². The number of fused-ring (bicyclic) bond motifs is 2. The lowest BCUT2D eigenvalue weighted by Gasteiger charge is -2.23. The van der Waals surface area contributed by atoms with Crippen LogP contribution in [0.1, 0.15) is 21.5 Å². The van der Waals surface area contributed by atoms with Gasteiger partial charge >= 0.3 is 0 Å². The number of rotatable bonds is 7. The standard InChI is InChI=1S/C28H25N3O4/c29-10-9-18-5-7-19(8-6-18)20-14-24(27-26(15-20)34-11-12-35-27)28(33)31-22(17-32)13-21-16-30-25-4-2-1-3-23(21)25/h1-8,14-16,22,30,32H,9,11-13,17H2,(H,31,33)/t22-/m1/s1. The maximum absolute atomic E-state index is 13.4. The van der Waals surface area contributed by atoms with Crippen molar-refractivity contribution >= 4 is 16.8 Å². The molecule has 1 aromatic heterocycles. The topological polar surface area (TPSA) is 107 Å². The second-order valence-electron chi connectivity index (χ2n) is 8.50. The first-order valence-corrected chi connectivity index (χ1v) is 11.5. The van der Waals surface area contributed by atoms with E-state index in [2.05, 4.69) is 16.4 Å². The van der Waals surface area contributed by atoms with Gasteiger partial charge in [0, 0.05) is 17.1 Å². The molecular weight excluding hydrogens is 442 g/mol. The third-order valence-corrected chi connectivity index (χ3v) is 6.15. The van der Waals surface area contributed by atoms with Crippen molar-refractivity contribution in [2.75, 3.05) is 19.8 Å². The monoisotopic (exact) mass is 467 g/mol. The van der Waals surface area contributed by atoms with E-state index in [1.54, 1.807) is 6.07 Å². The molecule has 1 aliphatic rings. The Kier molecular flexibility index (Phi) is 6.38. The van der Waals surface area contributed by atoms with Crippen molar-refractivity contribution in [3.63, 3.8) is 0 Å². The molecule has 0 saturated heterocycles. The van der Waals surface area contributed by atoms with Crippen LogP contribution in [-0.2, 0) is 12.8 Å². The molecule has 0 aliphatic carbocycles. The SMILES string of the molecule is N#CCc1ccc(-c2cc3c(c(C(=O)N[C@@H](CO)Cc4c[nH]c5ccccc45)c2)OCCO3)cc1. The number of aromatic amines is 1. The van der Waals surface area contributed by atoms with Gasteiger partial charge < -0.3 is 24.9 Å². The Labute approximate surface area is 202 Å². The number of H-pyrrole nitrogens is 1. The summed E-state index contributed by atoms with van der Waals surface area (Å²) in [5, 5.41) is 23.0. The number of carbonyl (C=O) groups excluding carboxylic acids is 1. The normalized spacial score (nSPS) is 13.3. The smallest absolute Gasteiger partial charge is 0.255 e. The number of ether oxygens (including phenoxy) is 2. The van der Waals surface area contributed by atoms with Gasteiger partial charge in [-0.2, -0.15) is 5.26 Å². The van der Waals surface area contributed by atoms with E-state index >= 15 is 0 Å². The van der Waals surface area contributed by atoms with Crippen molar-refractivity contribution in [1.82, 2.24) is 10.3 Å². The van der Waals surface area contributed by atoms with E-state index in [-0.39, 0.29) is 12.5 Å². The summed E-state index contributed by atoms with van der Waals surface area (Å²) in [5.74, 6) is 0.577. The highest BCUT2D eigenvalue weighted by molar-refractivity contribution is 5.99. The molecule has 3 N–H and O–H groups in total. The lowest BCUT2D eigenvalue weighted by Crippen LogP contribution is -2.39. The molecule has 0 bridgehead atoms. The molecule has 3 aromatic carbocycles. The van der Waals surface area contributed by atoms with Crippen LogP contribution in [0.25, 0.3) is 22.0 Å². The van der Waals surface area contributed by atoms with Crippen LogP contribution in [0.5, 0.6) is 11.5 Å². The van der Waals surface area contributed by atoms with Gasteiger partial charge in [-0.15, -0.1) is 0 Å². The number of nitriles is 1. The van der Waals surface area contributed by atoms with Gasteiger partial charge in [-0.25, -0.2) is 0 Å². The first-order valence-electron chi connectivity index (χ1n) is 11.5. The zero-order valence-corrected chi connectivity index (χ0v) is 19.1. The van der Waals surface area contributed by atoms with Crippen LogP contribution in [-0.4, -0.2) is 41.9 Å². The van der Waals surface area contributed by atoms with Crippen molar-refractivity contribution in [3.8, 4) is 28.7 Å². The second-order valence-corrected chi connectivity index (χ2v) is 8.50. The Morgan fingerprint density at radius 3 is 2.69 bits per heavy atom. The Balaban J connectivity index is 1.42. The quantitative estimate of drug-likeness (QED) is 0.381. The Hall–Kier alpha value is -4.28. The fourth-order valence-electron chi connectivity index (χ4n) is 4.39. The van der Waals surface area contributed by atoms with Crippen molar-refractivity contribution in [1.29, 1.82) is 5.26 Å². The summed E-state index contributed by atoms with van der Waals surface area (Å²) in [6.45, 7) is 0.553. The van der Waals surface area contributed by atoms with E-state index in [9.17, 15) is 9.90 Å². The molecule has 0 saturated carbocycles. The maximum atomic E-state index is 13.4. The average molecular weight is 468 g/mol. The molecule has 0 spiro atoms. The molecule has 1 atom stereocenters. The molecule has 176 valence electrons. The predicted octanol–water partition coefficient (Wildman–Crippen LogP) is 4.01. The summed E-state index contributed by atoms with van der Waals surface area (Å²) in [5.41, 5.74) is 5.02. The summed E-state index contributed by atoms with van der Waals surface area (Å²) in [7, 11) is 0. The van der Waals surface area contributed by atoms with E-state index in [0.717, 1.165) is 33.2 Å². The van der Waals surface area contributed by atoms with Crippen LogP contribution in [0.3, 0.4) is 0 Å². The van der Waals surface area contributed by atoms with Crippen LogP contribution >= 0.6 is 0 Å². The van der Waals surface area contributed by atoms with E-state index < -0.39 is 6.04 Å². The summed E-state index contributed by atoms with van der Waals surface area (Å²) in [6, 6.07) is 20.9. The van der Waals surface area contributed by atoms with E-state index in [4.69, 9.17) is 14.7 Å². The van der Waals surface area contributed by atoms with Crippen LogP contribution in [0, 0.1) is 11.3 Å². The van der Waals surface area contributed by atoms with Crippen molar-refractivity contribution in [2.24, 2.45) is 0 Å². The van der Waals surface area contributed by atoms with Crippen LogP contribution in [0.4, 0.5) is 0 Å². The molecule has 7 nitrogen and oxygen atoms in total. The number of aromatic nitrogens is 1. The lowest BCUT2D eigenvalue weighted by atomic mass is 9.99. The number of nitrogens with one attached hydrogen (secondary N) is 2. The number of hydrogen-bond acceptors (Lipinski definition) is 5. The Morgan fingerprint density at radius 1 is 1.09 bits per heavy atom.